The first-order chi connectivity index (χ1) is 11.6. The van der Waals surface area contributed by atoms with Crippen LogP contribution in [0.25, 0.3) is 0 Å². The highest BCUT2D eigenvalue weighted by atomic mass is 16.5. The van der Waals surface area contributed by atoms with Crippen LogP contribution in [0.4, 0.5) is 5.69 Å². The molecule has 2 aromatic rings. The van der Waals surface area contributed by atoms with Crippen molar-refractivity contribution in [1.29, 1.82) is 0 Å². The van der Waals surface area contributed by atoms with E-state index in [-0.39, 0.29) is 12.0 Å². The summed E-state index contributed by atoms with van der Waals surface area (Å²) in [5.74, 6) is 1.97. The number of ether oxygens (including phenoxy) is 3. The number of methoxy groups -OCH3 is 1. The number of carbonyl (C=O) groups excluding carboxylic acids is 1. The molecular formula is C19H21NO4. The number of anilines is 1. The van der Waals surface area contributed by atoms with E-state index in [1.807, 2.05) is 26.0 Å². The van der Waals surface area contributed by atoms with Gasteiger partial charge in [0.25, 0.3) is 5.91 Å². The summed E-state index contributed by atoms with van der Waals surface area (Å²) in [5.41, 5.74) is 2.27. The molecule has 0 fully saturated rings. The summed E-state index contributed by atoms with van der Waals surface area (Å²) in [6.07, 6.45) is 0.990. The van der Waals surface area contributed by atoms with Crippen LogP contribution >= 0.6 is 0 Å². The number of amides is 1. The molecule has 5 nitrogen and oxygen atoms in total. The summed E-state index contributed by atoms with van der Waals surface area (Å²) < 4.78 is 16.6. The fourth-order valence-corrected chi connectivity index (χ4v) is 2.75. The lowest BCUT2D eigenvalue weighted by Gasteiger charge is -2.13. The first kappa shape index (κ1) is 16.2. The molecule has 0 aliphatic carbocycles. The Morgan fingerprint density at radius 3 is 2.71 bits per heavy atom. The Bertz CT molecular complexity index is 740. The molecule has 1 aliphatic rings. The Labute approximate surface area is 141 Å². The minimum atomic E-state index is -0.204. The smallest absolute Gasteiger partial charge is 0.255 e. The average molecular weight is 327 g/mol. The van der Waals surface area contributed by atoms with E-state index < -0.39 is 0 Å². The highest BCUT2D eigenvalue weighted by molar-refractivity contribution is 6.05. The van der Waals surface area contributed by atoms with Gasteiger partial charge in [-0.05, 0) is 44.2 Å². The highest BCUT2D eigenvalue weighted by Gasteiger charge is 2.22. The minimum Gasteiger partial charge on any atom is -0.497 e. The fraction of sp³-hybridized carbons (Fsp3) is 0.316. The quantitative estimate of drug-likeness (QED) is 0.910. The maximum atomic E-state index is 12.5. The lowest BCUT2D eigenvalue weighted by atomic mass is 10.1. The highest BCUT2D eigenvalue weighted by Crippen LogP contribution is 2.38. The Kier molecular flexibility index (Phi) is 4.60. The van der Waals surface area contributed by atoms with Crippen LogP contribution in [0.15, 0.2) is 36.4 Å². The van der Waals surface area contributed by atoms with Gasteiger partial charge in [0.05, 0.1) is 19.4 Å². The van der Waals surface area contributed by atoms with E-state index in [0.717, 1.165) is 17.7 Å². The van der Waals surface area contributed by atoms with Gasteiger partial charge in [0.2, 0.25) is 0 Å². The van der Waals surface area contributed by atoms with E-state index in [4.69, 9.17) is 14.2 Å². The first-order valence-corrected chi connectivity index (χ1v) is 8.02. The zero-order valence-electron chi connectivity index (χ0n) is 14.1. The second-order valence-electron chi connectivity index (χ2n) is 5.70. The maximum absolute atomic E-state index is 12.5. The monoisotopic (exact) mass is 327 g/mol. The van der Waals surface area contributed by atoms with Gasteiger partial charge in [-0.25, -0.2) is 0 Å². The molecule has 0 saturated heterocycles. The van der Waals surface area contributed by atoms with Crippen LogP contribution in [0.3, 0.4) is 0 Å². The topological polar surface area (TPSA) is 56.8 Å². The average Bonchev–Trinajstić information content (AvgIpc) is 2.94. The molecule has 1 atom stereocenters. The van der Waals surface area contributed by atoms with Gasteiger partial charge in [-0.2, -0.15) is 0 Å². The number of hydrogen-bond donors (Lipinski definition) is 1. The summed E-state index contributed by atoms with van der Waals surface area (Å²) in [4.78, 5) is 12.5. The molecule has 0 saturated carbocycles. The van der Waals surface area contributed by atoms with E-state index in [9.17, 15) is 4.79 Å². The number of nitrogens with one attached hydrogen (secondary N) is 1. The zero-order valence-corrected chi connectivity index (χ0v) is 14.1. The summed E-state index contributed by atoms with van der Waals surface area (Å²) in [6.45, 7) is 4.47. The van der Waals surface area contributed by atoms with Gasteiger partial charge in [-0.3, -0.25) is 4.79 Å². The number of fused-ring (bicyclic) bond motifs is 1. The lowest BCUT2D eigenvalue weighted by Crippen LogP contribution is -2.13. The predicted octanol–water partition coefficient (Wildman–Crippen LogP) is 3.67. The first-order valence-electron chi connectivity index (χ1n) is 8.02. The van der Waals surface area contributed by atoms with Crippen molar-refractivity contribution in [2.75, 3.05) is 19.0 Å². The van der Waals surface area contributed by atoms with Gasteiger partial charge in [0, 0.05) is 23.6 Å². The van der Waals surface area contributed by atoms with E-state index in [1.54, 1.807) is 31.4 Å². The largest absolute Gasteiger partial charge is 0.497 e. The van der Waals surface area contributed by atoms with Gasteiger partial charge in [0.1, 0.15) is 23.4 Å². The second-order valence-corrected chi connectivity index (χ2v) is 5.70. The van der Waals surface area contributed by atoms with Crippen molar-refractivity contribution < 1.29 is 19.0 Å². The van der Waals surface area contributed by atoms with Crippen LogP contribution in [0.5, 0.6) is 17.2 Å². The van der Waals surface area contributed by atoms with Gasteiger partial charge >= 0.3 is 0 Å². The molecule has 1 amide bonds. The third-order valence-corrected chi connectivity index (χ3v) is 3.90. The van der Waals surface area contributed by atoms with Crippen molar-refractivity contribution in [3.8, 4) is 17.2 Å². The summed E-state index contributed by atoms with van der Waals surface area (Å²) >= 11 is 0. The molecule has 1 heterocycles. The second kappa shape index (κ2) is 6.83. The van der Waals surface area contributed by atoms with Gasteiger partial charge < -0.3 is 19.5 Å². The van der Waals surface area contributed by atoms with Gasteiger partial charge in [-0.1, -0.05) is 0 Å². The van der Waals surface area contributed by atoms with Crippen LogP contribution < -0.4 is 19.5 Å². The van der Waals surface area contributed by atoms with Crippen LogP contribution in [0.1, 0.15) is 29.8 Å². The molecule has 2 aromatic carbocycles. The Morgan fingerprint density at radius 2 is 2.04 bits per heavy atom. The molecule has 0 spiro atoms. The van der Waals surface area contributed by atoms with E-state index >= 15 is 0 Å². The Balaban J connectivity index is 1.85. The molecule has 0 bridgehead atoms. The Morgan fingerprint density at radius 1 is 1.29 bits per heavy atom. The standard InChI is InChI=1S/C19H21NO4/c1-4-23-18-10-14-9-12(2)24-17(14)11-16(18)20-19(21)13-5-7-15(22-3)8-6-13/h5-8,10-12H,4,9H2,1-3H3,(H,20,21)/t12-/m0/s1. The minimum absolute atomic E-state index is 0.141. The van der Waals surface area contributed by atoms with Crippen LogP contribution in [0, 0.1) is 0 Å². The van der Waals surface area contributed by atoms with Crippen molar-refractivity contribution in [1.82, 2.24) is 0 Å². The molecular weight excluding hydrogens is 306 g/mol. The molecule has 1 N–H and O–H groups in total. The zero-order chi connectivity index (χ0) is 17.1. The number of hydrogen-bond acceptors (Lipinski definition) is 4. The number of carbonyl (C=O) groups is 1. The molecule has 0 aromatic heterocycles. The number of benzene rings is 2. The molecule has 5 heteroatoms. The molecule has 126 valence electrons. The molecule has 3 rings (SSSR count). The molecule has 24 heavy (non-hydrogen) atoms. The maximum Gasteiger partial charge on any atom is 0.255 e. The van der Waals surface area contributed by atoms with E-state index in [2.05, 4.69) is 5.32 Å². The molecule has 1 aliphatic heterocycles. The van der Waals surface area contributed by atoms with Crippen molar-refractivity contribution >= 4 is 11.6 Å². The fourth-order valence-electron chi connectivity index (χ4n) is 2.75. The van der Waals surface area contributed by atoms with E-state index in [0.29, 0.717) is 29.4 Å². The lowest BCUT2D eigenvalue weighted by molar-refractivity contribution is 0.102. The van der Waals surface area contributed by atoms with Crippen molar-refractivity contribution in [2.45, 2.75) is 26.4 Å². The van der Waals surface area contributed by atoms with Crippen molar-refractivity contribution in [3.05, 3.63) is 47.5 Å². The normalized spacial score (nSPS) is 15.4. The third kappa shape index (κ3) is 3.30. The summed E-state index contributed by atoms with van der Waals surface area (Å²) in [7, 11) is 1.59. The molecule has 0 unspecified atom stereocenters. The molecule has 0 radical (unpaired) electrons. The van der Waals surface area contributed by atoms with Crippen LogP contribution in [-0.2, 0) is 6.42 Å². The van der Waals surface area contributed by atoms with Crippen LogP contribution in [-0.4, -0.2) is 25.7 Å². The van der Waals surface area contributed by atoms with Crippen molar-refractivity contribution in [2.24, 2.45) is 0 Å². The Hall–Kier alpha value is -2.69. The van der Waals surface area contributed by atoms with Crippen LogP contribution in [0.2, 0.25) is 0 Å². The van der Waals surface area contributed by atoms with Gasteiger partial charge in [0.15, 0.2) is 0 Å². The van der Waals surface area contributed by atoms with Crippen molar-refractivity contribution in [3.63, 3.8) is 0 Å². The van der Waals surface area contributed by atoms with E-state index in [1.165, 1.54) is 0 Å². The third-order valence-electron chi connectivity index (χ3n) is 3.90. The predicted molar refractivity (Wildman–Crippen MR) is 92.4 cm³/mol. The van der Waals surface area contributed by atoms with Gasteiger partial charge in [-0.15, -0.1) is 0 Å². The summed E-state index contributed by atoms with van der Waals surface area (Å²) in [5, 5.41) is 2.91. The summed E-state index contributed by atoms with van der Waals surface area (Å²) in [6, 6.07) is 10.7. The SMILES string of the molecule is CCOc1cc2c(cc1NC(=O)c1ccc(OC)cc1)O[C@@H](C)C2. The number of rotatable bonds is 5.